The molecule has 21 heavy (non-hydrogen) atoms. The molecule has 0 radical (unpaired) electrons. The fourth-order valence-electron chi connectivity index (χ4n) is 4.02. The summed E-state index contributed by atoms with van der Waals surface area (Å²) < 4.78 is 70.4. The van der Waals surface area contributed by atoms with Crippen LogP contribution in [0.5, 0.6) is 0 Å². The average Bonchev–Trinajstić information content (AvgIpc) is 2.99. The molecule has 0 amide bonds. The molecule has 1 heterocycles. The number of cyclic esters (lactones) is 1. The summed E-state index contributed by atoms with van der Waals surface area (Å²) in [5.41, 5.74) is -2.72. The van der Waals surface area contributed by atoms with Crippen molar-refractivity contribution in [2.45, 2.75) is 43.5 Å². The molecule has 3 nitrogen and oxygen atoms in total. The third-order valence-corrected chi connectivity index (χ3v) is 6.53. The van der Waals surface area contributed by atoms with Crippen LogP contribution in [0.4, 0.5) is 19.4 Å². The number of carbonyl (C=O) groups is 1. The van der Waals surface area contributed by atoms with Gasteiger partial charge in [0.15, 0.2) is 5.41 Å². The molecule has 3 rings (SSSR count). The third kappa shape index (κ3) is 2.02. The van der Waals surface area contributed by atoms with Gasteiger partial charge in [0.25, 0.3) is 10.2 Å². The van der Waals surface area contributed by atoms with Crippen LogP contribution in [0.2, 0.25) is 0 Å². The summed E-state index contributed by atoms with van der Waals surface area (Å²) in [6.45, 7) is 0. The Morgan fingerprint density at radius 3 is 2.14 bits per heavy atom. The molecule has 4 atom stereocenters. The van der Waals surface area contributed by atoms with Crippen LogP contribution in [0.1, 0.15) is 32.1 Å². The van der Waals surface area contributed by atoms with E-state index in [4.69, 9.17) is 10.00 Å². The van der Waals surface area contributed by atoms with Gasteiger partial charge in [-0.1, -0.05) is 38.7 Å². The van der Waals surface area contributed by atoms with E-state index in [9.17, 15) is 24.2 Å². The number of rotatable bonds is 2. The molecule has 0 aromatic rings. The molecule has 120 valence electrons. The van der Waals surface area contributed by atoms with Gasteiger partial charge in [-0.3, -0.25) is 4.79 Å². The van der Waals surface area contributed by atoms with E-state index in [0.29, 0.717) is 12.8 Å². The van der Waals surface area contributed by atoms with Crippen LogP contribution in [0.15, 0.2) is 0 Å². The number of fused-ring (bicyclic) bond motifs is 1. The topological polar surface area (TPSA) is 50.1 Å². The van der Waals surface area contributed by atoms with E-state index in [1.54, 1.807) is 0 Å². The maximum atomic E-state index is 13.1. The second-order valence-corrected chi connectivity index (χ2v) is 8.79. The van der Waals surface area contributed by atoms with E-state index < -0.39 is 38.9 Å². The molecule has 1 saturated heterocycles. The largest absolute Gasteiger partial charge is 0.460 e. The van der Waals surface area contributed by atoms with Crippen LogP contribution in [0.3, 0.4) is 0 Å². The Kier molecular flexibility index (Phi) is 2.46. The number of ether oxygens (including phenoxy) is 1. The highest BCUT2D eigenvalue weighted by Gasteiger charge is 2.96. The van der Waals surface area contributed by atoms with Crippen molar-refractivity contribution in [1.82, 2.24) is 0 Å². The Morgan fingerprint density at radius 2 is 1.71 bits per heavy atom. The molecular formula is C12H14F5NO2S. The minimum atomic E-state index is -9.90. The fourth-order valence-corrected chi connectivity index (χ4v) is 5.88. The molecule has 0 N–H and O–H groups in total. The normalized spacial score (nSPS) is 43.2. The Labute approximate surface area is 118 Å². The van der Waals surface area contributed by atoms with Crippen molar-refractivity contribution in [3.05, 3.63) is 0 Å². The molecule has 0 spiro atoms. The Hall–Kier alpha value is -1.04. The Balaban J connectivity index is 1.97. The van der Waals surface area contributed by atoms with E-state index in [1.807, 2.05) is 0 Å². The number of esters is 1. The van der Waals surface area contributed by atoms with Crippen LogP contribution in [-0.4, -0.2) is 17.3 Å². The number of carbonyl (C=O) groups excluding carboxylic acids is 1. The van der Waals surface area contributed by atoms with Gasteiger partial charge < -0.3 is 4.74 Å². The van der Waals surface area contributed by atoms with Crippen LogP contribution < -0.4 is 0 Å². The third-order valence-electron chi connectivity index (χ3n) is 4.91. The van der Waals surface area contributed by atoms with Crippen LogP contribution in [-0.2, 0) is 9.53 Å². The highest BCUT2D eigenvalue weighted by atomic mass is 32.5. The lowest BCUT2D eigenvalue weighted by molar-refractivity contribution is -0.149. The van der Waals surface area contributed by atoms with Crippen molar-refractivity contribution in [2.24, 2.45) is 17.3 Å². The van der Waals surface area contributed by atoms with Crippen LogP contribution in [0.25, 0.3) is 0 Å². The zero-order chi connectivity index (χ0) is 15.7. The first-order valence-corrected chi connectivity index (χ1v) is 8.78. The van der Waals surface area contributed by atoms with Crippen molar-refractivity contribution in [2.75, 3.05) is 0 Å². The lowest BCUT2D eigenvalue weighted by Crippen LogP contribution is -2.33. The predicted octanol–water partition coefficient (Wildman–Crippen LogP) is 4.30. The number of nitrogens with zero attached hydrogens (tertiary/aromatic N) is 1. The summed E-state index contributed by atoms with van der Waals surface area (Å²) in [5, 5.41) is 5.81. The van der Waals surface area contributed by atoms with E-state index in [1.165, 1.54) is 6.07 Å². The molecule has 1 aliphatic heterocycles. The van der Waals surface area contributed by atoms with Gasteiger partial charge in [0, 0.05) is 0 Å². The SMILES string of the molecule is N#C[C@@]12C(=O)OC(C3CCCCC3)[C@@H]1[C@H]2S(F)(F)(F)(F)F. The first-order chi connectivity index (χ1) is 9.41. The van der Waals surface area contributed by atoms with Crippen molar-refractivity contribution in [1.29, 1.82) is 5.26 Å². The van der Waals surface area contributed by atoms with Crippen molar-refractivity contribution in [3.8, 4) is 6.07 Å². The summed E-state index contributed by atoms with van der Waals surface area (Å²) in [6.07, 6.45) is 2.35. The summed E-state index contributed by atoms with van der Waals surface area (Å²) in [7, 11) is -9.90. The second-order valence-electron chi connectivity index (χ2n) is 6.22. The molecule has 9 heteroatoms. The molecule has 3 fully saturated rings. The number of halogens is 5. The van der Waals surface area contributed by atoms with Gasteiger partial charge in [0.2, 0.25) is 0 Å². The maximum absolute atomic E-state index is 13.1. The predicted molar refractivity (Wildman–Crippen MR) is 64.9 cm³/mol. The van der Waals surface area contributed by atoms with Crippen molar-refractivity contribution >= 4 is 16.2 Å². The minimum Gasteiger partial charge on any atom is -0.460 e. The summed E-state index contributed by atoms with van der Waals surface area (Å²) in [6, 6.07) is 1.20. The minimum absolute atomic E-state index is 0.354. The van der Waals surface area contributed by atoms with Gasteiger partial charge in [-0.05, 0) is 18.8 Å². The molecule has 3 aliphatic rings. The van der Waals surface area contributed by atoms with Gasteiger partial charge >= 0.3 is 5.97 Å². The van der Waals surface area contributed by atoms with Gasteiger partial charge in [-0.2, -0.15) is 5.26 Å². The fraction of sp³-hybridized carbons (Fsp3) is 0.833. The van der Waals surface area contributed by atoms with E-state index in [0.717, 1.165) is 19.3 Å². The molecule has 2 saturated carbocycles. The standard InChI is InChI=1S/C12H14F5NO2S/c13-21(14,15,16,17)10-8-9(7-4-2-1-3-5-7)20-11(19)12(8,10)6-18/h7-10H,1-5H2/t8-,9?,10-,12-/m1/s1. The lowest BCUT2D eigenvalue weighted by Gasteiger charge is -2.43. The van der Waals surface area contributed by atoms with E-state index >= 15 is 0 Å². The second kappa shape index (κ2) is 3.47. The lowest BCUT2D eigenvalue weighted by atomic mass is 9.83. The number of hydrogen-bond acceptors (Lipinski definition) is 3. The number of nitriles is 1. The van der Waals surface area contributed by atoms with Crippen molar-refractivity contribution < 1.29 is 29.0 Å². The monoisotopic (exact) mass is 331 g/mol. The molecule has 0 aromatic carbocycles. The molecule has 1 unspecified atom stereocenters. The zero-order valence-electron chi connectivity index (χ0n) is 10.9. The molecule has 0 aromatic heterocycles. The molecular weight excluding hydrogens is 317 g/mol. The van der Waals surface area contributed by atoms with Crippen molar-refractivity contribution in [3.63, 3.8) is 0 Å². The molecule has 0 bridgehead atoms. The summed E-state index contributed by atoms with van der Waals surface area (Å²) >= 11 is 0. The van der Waals surface area contributed by atoms with E-state index in [-0.39, 0.29) is 5.92 Å². The highest BCUT2D eigenvalue weighted by molar-refractivity contribution is 8.46. The zero-order valence-corrected chi connectivity index (χ0v) is 11.7. The quantitative estimate of drug-likeness (QED) is 0.560. The van der Waals surface area contributed by atoms with Crippen LogP contribution in [0, 0.1) is 28.6 Å². The first kappa shape index (κ1) is 14.9. The van der Waals surface area contributed by atoms with Gasteiger partial charge in [-0.25, -0.2) is 0 Å². The summed E-state index contributed by atoms with van der Waals surface area (Å²) in [4.78, 5) is 11.7. The maximum Gasteiger partial charge on any atom is 0.328 e. The Bertz CT molecular complexity index is 550. The van der Waals surface area contributed by atoms with Gasteiger partial charge in [0.1, 0.15) is 11.4 Å². The average molecular weight is 331 g/mol. The van der Waals surface area contributed by atoms with E-state index in [2.05, 4.69) is 0 Å². The Morgan fingerprint density at radius 1 is 1.14 bits per heavy atom. The number of hydrogen-bond donors (Lipinski definition) is 0. The highest BCUT2D eigenvalue weighted by Crippen LogP contribution is 3.07. The first-order valence-electron chi connectivity index (χ1n) is 6.77. The molecule has 2 aliphatic carbocycles. The van der Waals surface area contributed by atoms with Gasteiger partial charge in [0.05, 0.1) is 12.0 Å². The smallest absolute Gasteiger partial charge is 0.328 e. The summed E-state index contributed by atoms with van der Waals surface area (Å²) in [5.74, 6) is -3.52. The van der Waals surface area contributed by atoms with Crippen LogP contribution >= 0.6 is 10.2 Å². The van der Waals surface area contributed by atoms with Gasteiger partial charge in [-0.15, -0.1) is 0 Å².